The Hall–Kier alpha value is -2.00. The van der Waals surface area contributed by atoms with Gasteiger partial charge in [0.1, 0.15) is 0 Å². The third-order valence-electron chi connectivity index (χ3n) is 2.97. The van der Waals surface area contributed by atoms with Gasteiger partial charge in [-0.2, -0.15) is 0 Å². The average Bonchev–Trinajstić information content (AvgIpc) is 2.48. The van der Waals surface area contributed by atoms with Gasteiger partial charge < -0.3 is 10.2 Å². The molecule has 0 saturated carbocycles. The number of hydrogen-bond donors (Lipinski definition) is 1. The topological polar surface area (TPSA) is 32.3 Å². The number of amides is 1. The minimum Gasteiger partial charge on any atom is -0.362 e. The smallest absolute Gasteiger partial charge is 0.243 e. The van der Waals surface area contributed by atoms with Crippen LogP contribution in [0.4, 0.5) is 11.4 Å². The van der Waals surface area contributed by atoms with Crippen molar-refractivity contribution in [3.63, 3.8) is 0 Å². The molecule has 0 aromatic heterocycles. The summed E-state index contributed by atoms with van der Waals surface area (Å²) in [6.45, 7) is 3.13. The number of nitrogens with one attached hydrogen (secondary N) is 1. The second-order valence-electron chi connectivity index (χ2n) is 4.40. The highest BCUT2D eigenvalue weighted by Crippen LogP contribution is 2.15. The van der Waals surface area contributed by atoms with Crippen LogP contribution in [0.2, 0.25) is 5.02 Å². The zero-order valence-corrected chi connectivity index (χ0v) is 12.1. The lowest BCUT2D eigenvalue weighted by Crippen LogP contribution is -2.33. The van der Waals surface area contributed by atoms with Gasteiger partial charge in [-0.25, -0.2) is 0 Å². The van der Waals surface area contributed by atoms with Gasteiger partial charge in [0.15, 0.2) is 0 Å². The molecule has 2 aromatic carbocycles. The third kappa shape index (κ3) is 4.00. The fourth-order valence-electron chi connectivity index (χ4n) is 1.93. The van der Waals surface area contributed by atoms with E-state index >= 15 is 0 Å². The van der Waals surface area contributed by atoms with Gasteiger partial charge >= 0.3 is 0 Å². The maximum Gasteiger partial charge on any atom is 0.243 e. The molecule has 0 saturated heterocycles. The number of carbonyl (C=O) groups is 1. The maximum absolute atomic E-state index is 12.1. The van der Waals surface area contributed by atoms with Gasteiger partial charge in [0, 0.05) is 22.9 Å². The molecular formula is C16H17ClN2O. The molecule has 2 aromatic rings. The zero-order chi connectivity index (χ0) is 14.4. The van der Waals surface area contributed by atoms with Crippen LogP contribution in [0.5, 0.6) is 0 Å². The van der Waals surface area contributed by atoms with Gasteiger partial charge in [-0.3, -0.25) is 4.79 Å². The first-order valence-electron chi connectivity index (χ1n) is 6.54. The number of anilines is 2. The van der Waals surface area contributed by atoms with E-state index in [2.05, 4.69) is 5.32 Å². The monoisotopic (exact) mass is 288 g/mol. The molecule has 0 aliphatic heterocycles. The first kappa shape index (κ1) is 14.4. The predicted molar refractivity (Wildman–Crippen MR) is 84.4 cm³/mol. The molecule has 0 aliphatic carbocycles. The molecule has 0 unspecified atom stereocenters. The fourth-order valence-corrected chi connectivity index (χ4v) is 2.06. The van der Waals surface area contributed by atoms with Crippen molar-refractivity contribution < 1.29 is 4.79 Å². The van der Waals surface area contributed by atoms with Crippen LogP contribution in [0.15, 0.2) is 54.6 Å². The number of rotatable bonds is 5. The lowest BCUT2D eigenvalue weighted by Gasteiger charge is -2.22. The quantitative estimate of drug-likeness (QED) is 0.907. The lowest BCUT2D eigenvalue weighted by molar-refractivity contribution is -0.115. The van der Waals surface area contributed by atoms with E-state index in [0.29, 0.717) is 11.6 Å². The van der Waals surface area contributed by atoms with E-state index in [-0.39, 0.29) is 5.91 Å². The number of hydrogen-bond acceptors (Lipinski definition) is 2. The number of carbonyl (C=O) groups excluding carboxylic acids is 1. The summed E-state index contributed by atoms with van der Waals surface area (Å²) in [4.78, 5) is 14.1. The van der Waals surface area contributed by atoms with E-state index in [9.17, 15) is 4.79 Å². The second-order valence-corrected chi connectivity index (χ2v) is 4.84. The molecule has 0 spiro atoms. The van der Waals surface area contributed by atoms with Gasteiger partial charge in [-0.1, -0.05) is 29.8 Å². The molecule has 4 heteroatoms. The minimum atomic E-state index is -0.0435. The van der Waals surface area contributed by atoms with Crippen LogP contribution in [0.25, 0.3) is 0 Å². The molecule has 0 radical (unpaired) electrons. The Balaban J connectivity index is 1.97. The molecule has 0 heterocycles. The molecular weight excluding hydrogens is 272 g/mol. The van der Waals surface area contributed by atoms with Crippen molar-refractivity contribution in [1.29, 1.82) is 0 Å². The molecule has 2 rings (SSSR count). The molecule has 1 N–H and O–H groups in total. The summed E-state index contributed by atoms with van der Waals surface area (Å²) >= 11 is 5.81. The van der Waals surface area contributed by atoms with Crippen LogP contribution in [0.1, 0.15) is 6.92 Å². The minimum absolute atomic E-state index is 0.0435. The molecule has 20 heavy (non-hydrogen) atoms. The van der Waals surface area contributed by atoms with Crippen LogP contribution in [0, 0.1) is 0 Å². The molecule has 0 aliphatic rings. The highest BCUT2D eigenvalue weighted by atomic mass is 35.5. The SMILES string of the molecule is CCN(CC(=O)Nc1ccc(Cl)cc1)c1ccccc1. The van der Waals surface area contributed by atoms with Gasteiger partial charge in [0.05, 0.1) is 6.54 Å². The molecule has 0 fully saturated rings. The summed E-state index contributed by atoms with van der Waals surface area (Å²) < 4.78 is 0. The van der Waals surface area contributed by atoms with Crippen molar-refractivity contribution in [2.45, 2.75) is 6.92 Å². The third-order valence-corrected chi connectivity index (χ3v) is 3.22. The summed E-state index contributed by atoms with van der Waals surface area (Å²) in [6.07, 6.45) is 0. The molecule has 3 nitrogen and oxygen atoms in total. The lowest BCUT2D eigenvalue weighted by atomic mass is 10.2. The van der Waals surface area contributed by atoms with Crippen LogP contribution in [-0.2, 0) is 4.79 Å². The van der Waals surface area contributed by atoms with Crippen molar-refractivity contribution in [3.8, 4) is 0 Å². The number of halogens is 1. The van der Waals surface area contributed by atoms with Gasteiger partial charge in [0.25, 0.3) is 0 Å². The van der Waals surface area contributed by atoms with Crippen molar-refractivity contribution >= 4 is 28.9 Å². The Bertz CT molecular complexity index is 554. The van der Waals surface area contributed by atoms with Gasteiger partial charge in [-0.05, 0) is 43.3 Å². The Morgan fingerprint density at radius 2 is 1.75 bits per heavy atom. The van der Waals surface area contributed by atoms with Crippen LogP contribution >= 0.6 is 11.6 Å². The average molecular weight is 289 g/mol. The van der Waals surface area contributed by atoms with Crippen molar-refractivity contribution in [3.05, 3.63) is 59.6 Å². The van der Waals surface area contributed by atoms with E-state index < -0.39 is 0 Å². The van der Waals surface area contributed by atoms with Crippen molar-refractivity contribution in [2.75, 3.05) is 23.3 Å². The summed E-state index contributed by atoms with van der Waals surface area (Å²) in [7, 11) is 0. The number of benzene rings is 2. The predicted octanol–water partition coefficient (Wildman–Crippen LogP) is 3.81. The number of likely N-dealkylation sites (N-methyl/N-ethyl adjacent to an activating group) is 1. The van der Waals surface area contributed by atoms with Gasteiger partial charge in [0.2, 0.25) is 5.91 Å². The molecule has 104 valence electrons. The largest absolute Gasteiger partial charge is 0.362 e. The standard InChI is InChI=1S/C16H17ClN2O/c1-2-19(15-6-4-3-5-7-15)12-16(20)18-14-10-8-13(17)9-11-14/h3-11H,2,12H2,1H3,(H,18,20). The Morgan fingerprint density at radius 3 is 2.35 bits per heavy atom. The van der Waals surface area contributed by atoms with E-state index in [1.807, 2.05) is 42.2 Å². The summed E-state index contributed by atoms with van der Waals surface area (Å²) in [5, 5.41) is 3.52. The first-order chi connectivity index (χ1) is 9.69. The Kier molecular flexibility index (Phi) is 5.02. The number of para-hydroxylation sites is 1. The van der Waals surface area contributed by atoms with E-state index in [1.54, 1.807) is 24.3 Å². The molecule has 1 amide bonds. The van der Waals surface area contributed by atoms with Gasteiger partial charge in [-0.15, -0.1) is 0 Å². The Morgan fingerprint density at radius 1 is 1.10 bits per heavy atom. The normalized spacial score (nSPS) is 10.1. The fraction of sp³-hybridized carbons (Fsp3) is 0.188. The first-order valence-corrected chi connectivity index (χ1v) is 6.92. The summed E-state index contributed by atoms with van der Waals surface area (Å²) in [6, 6.07) is 17.0. The second kappa shape index (κ2) is 6.96. The number of nitrogens with zero attached hydrogens (tertiary/aromatic N) is 1. The molecule has 0 atom stereocenters. The van der Waals surface area contributed by atoms with Crippen LogP contribution in [-0.4, -0.2) is 19.0 Å². The highest BCUT2D eigenvalue weighted by Gasteiger charge is 2.09. The van der Waals surface area contributed by atoms with E-state index in [0.717, 1.165) is 17.9 Å². The van der Waals surface area contributed by atoms with Crippen molar-refractivity contribution in [2.24, 2.45) is 0 Å². The summed E-state index contributed by atoms with van der Waals surface area (Å²) in [5.41, 5.74) is 1.80. The summed E-state index contributed by atoms with van der Waals surface area (Å²) in [5.74, 6) is -0.0435. The van der Waals surface area contributed by atoms with E-state index in [4.69, 9.17) is 11.6 Å². The van der Waals surface area contributed by atoms with Crippen LogP contribution in [0.3, 0.4) is 0 Å². The maximum atomic E-state index is 12.1. The highest BCUT2D eigenvalue weighted by molar-refractivity contribution is 6.30. The van der Waals surface area contributed by atoms with Crippen LogP contribution < -0.4 is 10.2 Å². The van der Waals surface area contributed by atoms with Crippen molar-refractivity contribution in [1.82, 2.24) is 0 Å². The molecule has 0 bridgehead atoms. The zero-order valence-electron chi connectivity index (χ0n) is 11.3. The Labute approximate surface area is 124 Å². The van der Waals surface area contributed by atoms with E-state index in [1.165, 1.54) is 0 Å².